The summed E-state index contributed by atoms with van der Waals surface area (Å²) in [4.78, 5) is 11.7. The minimum atomic E-state index is -0.491. The highest BCUT2D eigenvalue weighted by molar-refractivity contribution is 9.10. The lowest BCUT2D eigenvalue weighted by Gasteiger charge is -2.22. The molecule has 4 nitrogen and oxygen atoms in total. The highest BCUT2D eigenvalue weighted by Gasteiger charge is 2.18. The van der Waals surface area contributed by atoms with Crippen molar-refractivity contribution in [2.75, 3.05) is 13.1 Å². The molecule has 0 aromatic heterocycles. The molecule has 0 radical (unpaired) electrons. The van der Waals surface area contributed by atoms with E-state index in [1.807, 2.05) is 39.8 Å². The molecule has 0 aliphatic rings. The minimum absolute atomic E-state index is 0.0683. The van der Waals surface area contributed by atoms with Crippen molar-refractivity contribution in [3.63, 3.8) is 0 Å². The van der Waals surface area contributed by atoms with Crippen LogP contribution in [0.1, 0.15) is 37.8 Å². The molecule has 3 N–H and O–H groups in total. The second kappa shape index (κ2) is 7.09. The molecule has 0 bridgehead atoms. The molecule has 0 aliphatic carbocycles. The number of rotatable bonds is 4. The van der Waals surface area contributed by atoms with Crippen LogP contribution in [0.15, 0.2) is 22.7 Å². The fourth-order valence-electron chi connectivity index (χ4n) is 1.86. The standard InChI is InChI=1S/C15H23BrN2O2/c1-10-5-11(7-13(16)6-10)12(8-17)9-18-14(19)20-15(2,3)4/h5-7,12H,8-9,17H2,1-4H3,(H,18,19). The Morgan fingerprint density at radius 2 is 2.05 bits per heavy atom. The van der Waals surface area contributed by atoms with E-state index >= 15 is 0 Å². The molecule has 0 saturated carbocycles. The maximum absolute atomic E-state index is 11.7. The van der Waals surface area contributed by atoms with Gasteiger partial charge in [0.2, 0.25) is 0 Å². The van der Waals surface area contributed by atoms with Crippen molar-refractivity contribution in [2.45, 2.75) is 39.2 Å². The van der Waals surface area contributed by atoms with Crippen LogP contribution in [0.25, 0.3) is 0 Å². The van der Waals surface area contributed by atoms with E-state index in [2.05, 4.69) is 27.3 Å². The van der Waals surface area contributed by atoms with Crippen molar-refractivity contribution < 1.29 is 9.53 Å². The first-order valence-electron chi connectivity index (χ1n) is 6.65. The van der Waals surface area contributed by atoms with Crippen LogP contribution in [0.3, 0.4) is 0 Å². The van der Waals surface area contributed by atoms with Gasteiger partial charge in [-0.2, -0.15) is 0 Å². The molecule has 0 spiro atoms. The average Bonchev–Trinajstić information content (AvgIpc) is 2.25. The number of carbonyl (C=O) groups excluding carboxylic acids is 1. The predicted molar refractivity (Wildman–Crippen MR) is 84.9 cm³/mol. The number of nitrogens with one attached hydrogen (secondary N) is 1. The third kappa shape index (κ3) is 5.92. The van der Waals surface area contributed by atoms with Gasteiger partial charge in [-0.25, -0.2) is 4.79 Å². The smallest absolute Gasteiger partial charge is 0.407 e. The van der Waals surface area contributed by atoms with Gasteiger partial charge in [-0.15, -0.1) is 0 Å². The van der Waals surface area contributed by atoms with Crippen molar-refractivity contribution in [1.29, 1.82) is 0 Å². The molecule has 0 saturated heterocycles. The number of carbonyl (C=O) groups is 1. The van der Waals surface area contributed by atoms with Crippen LogP contribution in [-0.4, -0.2) is 24.8 Å². The van der Waals surface area contributed by atoms with Gasteiger partial charge < -0.3 is 15.8 Å². The van der Waals surface area contributed by atoms with Crippen LogP contribution < -0.4 is 11.1 Å². The molecule has 112 valence electrons. The minimum Gasteiger partial charge on any atom is -0.444 e. The molecule has 1 rings (SSSR count). The largest absolute Gasteiger partial charge is 0.444 e. The maximum atomic E-state index is 11.7. The number of amides is 1. The summed E-state index contributed by atoms with van der Waals surface area (Å²) in [7, 11) is 0. The van der Waals surface area contributed by atoms with E-state index in [-0.39, 0.29) is 5.92 Å². The van der Waals surface area contributed by atoms with Gasteiger partial charge in [0.05, 0.1) is 0 Å². The molecule has 0 heterocycles. The first-order chi connectivity index (χ1) is 9.21. The van der Waals surface area contributed by atoms with Crippen LogP contribution in [0.4, 0.5) is 4.79 Å². The molecule has 0 fully saturated rings. The van der Waals surface area contributed by atoms with Gasteiger partial charge in [0.1, 0.15) is 5.60 Å². The van der Waals surface area contributed by atoms with Gasteiger partial charge in [-0.1, -0.05) is 22.0 Å². The number of aryl methyl sites for hydroxylation is 1. The van der Waals surface area contributed by atoms with Gasteiger partial charge >= 0.3 is 6.09 Å². The summed E-state index contributed by atoms with van der Waals surface area (Å²) in [5, 5.41) is 2.77. The van der Waals surface area contributed by atoms with Crippen LogP contribution >= 0.6 is 15.9 Å². The number of ether oxygens (including phenoxy) is 1. The molecule has 1 unspecified atom stereocenters. The van der Waals surface area contributed by atoms with Gasteiger partial charge in [0.15, 0.2) is 0 Å². The molecule has 20 heavy (non-hydrogen) atoms. The van der Waals surface area contributed by atoms with E-state index in [0.717, 1.165) is 15.6 Å². The fourth-order valence-corrected chi connectivity index (χ4v) is 2.48. The zero-order valence-corrected chi connectivity index (χ0v) is 14.1. The maximum Gasteiger partial charge on any atom is 0.407 e. The first kappa shape index (κ1) is 17.0. The number of halogens is 1. The Hall–Kier alpha value is -1.07. The lowest BCUT2D eigenvalue weighted by atomic mass is 9.97. The summed E-state index contributed by atoms with van der Waals surface area (Å²) in [6.45, 7) is 8.47. The van der Waals surface area contributed by atoms with Crippen molar-refractivity contribution in [3.05, 3.63) is 33.8 Å². The fraction of sp³-hybridized carbons (Fsp3) is 0.533. The molecule has 5 heteroatoms. The first-order valence-corrected chi connectivity index (χ1v) is 7.44. The average molecular weight is 343 g/mol. The second-order valence-corrected chi connectivity index (χ2v) is 6.79. The summed E-state index contributed by atoms with van der Waals surface area (Å²) in [5.74, 6) is 0.0683. The van der Waals surface area contributed by atoms with Crippen LogP contribution in [0.2, 0.25) is 0 Å². The van der Waals surface area contributed by atoms with E-state index in [4.69, 9.17) is 10.5 Å². The quantitative estimate of drug-likeness (QED) is 0.881. The Kier molecular flexibility index (Phi) is 6.02. The lowest BCUT2D eigenvalue weighted by Crippen LogP contribution is -2.36. The van der Waals surface area contributed by atoms with Gasteiger partial charge in [0, 0.05) is 23.5 Å². The van der Waals surface area contributed by atoms with E-state index in [1.54, 1.807) is 0 Å². The SMILES string of the molecule is Cc1cc(Br)cc(C(CN)CNC(=O)OC(C)(C)C)c1. The van der Waals surface area contributed by atoms with E-state index in [9.17, 15) is 4.79 Å². The topological polar surface area (TPSA) is 64.3 Å². The lowest BCUT2D eigenvalue weighted by molar-refractivity contribution is 0.0525. The highest BCUT2D eigenvalue weighted by Crippen LogP contribution is 2.21. The molecule has 1 amide bonds. The van der Waals surface area contributed by atoms with Gasteiger partial charge in [-0.05, 0) is 51.0 Å². The molecular weight excluding hydrogens is 320 g/mol. The van der Waals surface area contributed by atoms with Crippen LogP contribution in [0, 0.1) is 6.92 Å². The Morgan fingerprint density at radius 1 is 1.40 bits per heavy atom. The van der Waals surface area contributed by atoms with Crippen molar-refractivity contribution in [1.82, 2.24) is 5.32 Å². The normalized spacial score (nSPS) is 12.9. The van der Waals surface area contributed by atoms with E-state index in [1.165, 1.54) is 0 Å². The van der Waals surface area contributed by atoms with Crippen molar-refractivity contribution in [3.8, 4) is 0 Å². The van der Waals surface area contributed by atoms with Crippen molar-refractivity contribution >= 4 is 22.0 Å². The number of hydrogen-bond acceptors (Lipinski definition) is 3. The zero-order chi connectivity index (χ0) is 15.3. The number of benzene rings is 1. The Balaban J connectivity index is 2.66. The number of hydrogen-bond donors (Lipinski definition) is 2. The Bertz CT molecular complexity index is 449. The highest BCUT2D eigenvalue weighted by atomic mass is 79.9. The molecular formula is C15H23BrN2O2. The number of nitrogens with two attached hydrogens (primary N) is 1. The Labute approximate surface area is 129 Å². The van der Waals surface area contributed by atoms with E-state index in [0.29, 0.717) is 13.1 Å². The van der Waals surface area contributed by atoms with Gasteiger partial charge in [-0.3, -0.25) is 0 Å². The summed E-state index contributed by atoms with van der Waals surface area (Å²) < 4.78 is 6.23. The van der Waals surface area contributed by atoms with Gasteiger partial charge in [0.25, 0.3) is 0 Å². The monoisotopic (exact) mass is 342 g/mol. The molecule has 0 aliphatic heterocycles. The third-order valence-corrected chi connectivity index (χ3v) is 3.17. The summed E-state index contributed by atoms with van der Waals surface area (Å²) in [5.41, 5.74) is 7.58. The summed E-state index contributed by atoms with van der Waals surface area (Å²) in [6, 6.07) is 6.15. The number of alkyl carbamates (subject to hydrolysis) is 1. The molecule has 1 aromatic rings. The second-order valence-electron chi connectivity index (χ2n) is 5.88. The summed E-state index contributed by atoms with van der Waals surface area (Å²) >= 11 is 3.48. The third-order valence-electron chi connectivity index (χ3n) is 2.71. The van der Waals surface area contributed by atoms with Crippen LogP contribution in [-0.2, 0) is 4.74 Å². The molecule has 1 atom stereocenters. The zero-order valence-electron chi connectivity index (χ0n) is 12.5. The van der Waals surface area contributed by atoms with E-state index < -0.39 is 11.7 Å². The predicted octanol–water partition coefficient (Wildman–Crippen LogP) is 3.32. The van der Waals surface area contributed by atoms with Crippen LogP contribution in [0.5, 0.6) is 0 Å². The summed E-state index contributed by atoms with van der Waals surface area (Å²) in [6.07, 6.45) is -0.414. The molecule has 1 aromatic carbocycles. The Morgan fingerprint density at radius 3 is 2.55 bits per heavy atom. The van der Waals surface area contributed by atoms with Crippen molar-refractivity contribution in [2.24, 2.45) is 5.73 Å².